The number of rotatable bonds is 2. The van der Waals surface area contributed by atoms with Gasteiger partial charge < -0.3 is 10.8 Å². The van der Waals surface area contributed by atoms with Crippen LogP contribution in [0.25, 0.3) is 11.1 Å². The number of carbonyl (C=O) groups is 1. The van der Waals surface area contributed by atoms with Crippen molar-refractivity contribution in [2.75, 3.05) is 5.73 Å². The maximum Gasteiger partial charge on any atom is 0.339 e. The third-order valence-corrected chi connectivity index (χ3v) is 3.25. The van der Waals surface area contributed by atoms with Crippen LogP contribution in [0.15, 0.2) is 29.6 Å². The Morgan fingerprint density at radius 1 is 1.31 bits per heavy atom. The molecule has 3 N–H and O–H groups in total. The first-order chi connectivity index (χ1) is 7.59. The molecule has 1 aromatic carbocycles. The molecule has 0 fully saturated rings. The van der Waals surface area contributed by atoms with Crippen molar-refractivity contribution in [3.63, 3.8) is 0 Å². The molecule has 16 heavy (non-hydrogen) atoms. The van der Waals surface area contributed by atoms with E-state index in [-0.39, 0.29) is 5.56 Å². The van der Waals surface area contributed by atoms with E-state index in [2.05, 4.69) is 0 Å². The van der Waals surface area contributed by atoms with Gasteiger partial charge >= 0.3 is 5.97 Å². The zero-order chi connectivity index (χ0) is 11.7. The van der Waals surface area contributed by atoms with E-state index < -0.39 is 5.97 Å². The van der Waals surface area contributed by atoms with E-state index in [1.165, 1.54) is 11.3 Å². The van der Waals surface area contributed by atoms with E-state index in [4.69, 9.17) is 22.4 Å². The number of benzene rings is 1. The van der Waals surface area contributed by atoms with Crippen molar-refractivity contribution in [3.8, 4) is 11.1 Å². The average molecular weight is 254 g/mol. The summed E-state index contributed by atoms with van der Waals surface area (Å²) in [5.74, 6) is -1.01. The van der Waals surface area contributed by atoms with Gasteiger partial charge in [-0.1, -0.05) is 23.7 Å². The molecule has 0 saturated heterocycles. The highest BCUT2D eigenvalue weighted by atomic mass is 35.5. The SMILES string of the molecule is Nc1scc(-c2ccc(Cl)cc2)c1C(=O)O. The van der Waals surface area contributed by atoms with Crippen LogP contribution < -0.4 is 5.73 Å². The molecule has 0 aliphatic carbocycles. The van der Waals surface area contributed by atoms with Crippen LogP contribution in [-0.2, 0) is 0 Å². The van der Waals surface area contributed by atoms with Crippen LogP contribution in [0, 0.1) is 0 Å². The fourth-order valence-corrected chi connectivity index (χ4v) is 2.38. The molecule has 2 rings (SSSR count). The van der Waals surface area contributed by atoms with Crippen molar-refractivity contribution in [2.45, 2.75) is 0 Å². The van der Waals surface area contributed by atoms with Gasteiger partial charge in [-0.05, 0) is 17.7 Å². The summed E-state index contributed by atoms with van der Waals surface area (Å²) < 4.78 is 0. The summed E-state index contributed by atoms with van der Waals surface area (Å²) in [5.41, 5.74) is 7.21. The first-order valence-corrected chi connectivity index (χ1v) is 5.71. The predicted molar refractivity (Wildman–Crippen MR) is 66.1 cm³/mol. The topological polar surface area (TPSA) is 63.3 Å². The van der Waals surface area contributed by atoms with Crippen molar-refractivity contribution in [3.05, 3.63) is 40.2 Å². The van der Waals surface area contributed by atoms with Crippen molar-refractivity contribution in [2.24, 2.45) is 0 Å². The Kier molecular flexibility index (Phi) is 2.85. The Morgan fingerprint density at radius 2 is 1.94 bits per heavy atom. The first kappa shape index (κ1) is 11.0. The molecule has 1 heterocycles. The Morgan fingerprint density at radius 3 is 2.50 bits per heavy atom. The third kappa shape index (κ3) is 1.89. The highest BCUT2D eigenvalue weighted by molar-refractivity contribution is 7.14. The number of anilines is 1. The molecular formula is C11H8ClNO2S. The van der Waals surface area contributed by atoms with Gasteiger partial charge in [-0.15, -0.1) is 11.3 Å². The molecule has 0 radical (unpaired) electrons. The van der Waals surface area contributed by atoms with E-state index in [1.807, 2.05) is 0 Å². The van der Waals surface area contributed by atoms with Gasteiger partial charge in [0.2, 0.25) is 0 Å². The monoisotopic (exact) mass is 253 g/mol. The minimum Gasteiger partial charge on any atom is -0.478 e. The number of hydrogen-bond donors (Lipinski definition) is 2. The van der Waals surface area contributed by atoms with Crippen LogP contribution in [0.1, 0.15) is 10.4 Å². The lowest BCUT2D eigenvalue weighted by Gasteiger charge is -2.01. The summed E-state index contributed by atoms with van der Waals surface area (Å²) in [4.78, 5) is 11.0. The molecule has 0 saturated carbocycles. The maximum atomic E-state index is 11.0. The first-order valence-electron chi connectivity index (χ1n) is 4.46. The zero-order valence-electron chi connectivity index (χ0n) is 8.11. The fourth-order valence-electron chi connectivity index (χ4n) is 1.44. The highest BCUT2D eigenvalue weighted by Gasteiger charge is 2.17. The largest absolute Gasteiger partial charge is 0.478 e. The molecule has 0 spiro atoms. The molecule has 0 atom stereocenters. The quantitative estimate of drug-likeness (QED) is 0.863. The summed E-state index contributed by atoms with van der Waals surface area (Å²) >= 11 is 6.99. The Labute approximate surface area is 101 Å². The van der Waals surface area contributed by atoms with Crippen LogP contribution in [0.3, 0.4) is 0 Å². The Balaban J connectivity index is 2.56. The van der Waals surface area contributed by atoms with Crippen LogP contribution in [0.4, 0.5) is 5.00 Å². The van der Waals surface area contributed by atoms with Gasteiger partial charge in [0.05, 0.1) is 0 Å². The van der Waals surface area contributed by atoms with Crippen LogP contribution >= 0.6 is 22.9 Å². The minimum absolute atomic E-state index is 0.160. The standard InChI is InChI=1S/C11H8ClNO2S/c12-7-3-1-6(2-4-7)8-5-16-10(13)9(8)11(14)15/h1-5H,13H2,(H,14,15). The lowest BCUT2D eigenvalue weighted by Crippen LogP contribution is -2.00. The molecule has 0 bridgehead atoms. The second kappa shape index (κ2) is 4.15. The van der Waals surface area contributed by atoms with E-state index in [0.717, 1.165) is 5.56 Å². The predicted octanol–water partition coefficient (Wildman–Crippen LogP) is 3.35. The summed E-state index contributed by atoms with van der Waals surface area (Å²) in [6, 6.07) is 6.99. The number of carboxylic acid groups (broad SMARTS) is 1. The van der Waals surface area contributed by atoms with Gasteiger partial charge in [-0.25, -0.2) is 4.79 Å². The maximum absolute atomic E-state index is 11.0. The van der Waals surface area contributed by atoms with Crippen LogP contribution in [0.5, 0.6) is 0 Å². The van der Waals surface area contributed by atoms with Gasteiger partial charge in [0.1, 0.15) is 10.6 Å². The molecule has 0 unspecified atom stereocenters. The highest BCUT2D eigenvalue weighted by Crippen LogP contribution is 2.33. The molecule has 0 aliphatic rings. The summed E-state index contributed by atoms with van der Waals surface area (Å²) in [6.45, 7) is 0. The number of halogens is 1. The number of aromatic carboxylic acids is 1. The lowest BCUT2D eigenvalue weighted by atomic mass is 10.0. The molecule has 0 aliphatic heterocycles. The second-order valence-electron chi connectivity index (χ2n) is 3.20. The second-order valence-corrected chi connectivity index (χ2v) is 4.55. The third-order valence-electron chi connectivity index (χ3n) is 2.19. The Bertz CT molecular complexity index is 533. The molecule has 1 aromatic heterocycles. The van der Waals surface area contributed by atoms with E-state index in [9.17, 15) is 4.79 Å². The van der Waals surface area contributed by atoms with E-state index >= 15 is 0 Å². The van der Waals surface area contributed by atoms with Gasteiger partial charge in [-0.3, -0.25) is 0 Å². The van der Waals surface area contributed by atoms with E-state index in [1.54, 1.807) is 29.6 Å². The van der Waals surface area contributed by atoms with Gasteiger partial charge in [0.25, 0.3) is 0 Å². The summed E-state index contributed by atoms with van der Waals surface area (Å²) in [7, 11) is 0. The molecular weight excluding hydrogens is 246 g/mol. The van der Waals surface area contributed by atoms with Crippen LogP contribution in [-0.4, -0.2) is 11.1 Å². The summed E-state index contributed by atoms with van der Waals surface area (Å²) in [6.07, 6.45) is 0. The van der Waals surface area contributed by atoms with Crippen molar-refractivity contribution in [1.29, 1.82) is 0 Å². The minimum atomic E-state index is -1.01. The van der Waals surface area contributed by atoms with Gasteiger partial charge in [-0.2, -0.15) is 0 Å². The molecule has 82 valence electrons. The number of carboxylic acids is 1. The van der Waals surface area contributed by atoms with Gasteiger partial charge in [0, 0.05) is 16.0 Å². The molecule has 0 amide bonds. The van der Waals surface area contributed by atoms with Crippen molar-refractivity contribution < 1.29 is 9.90 Å². The number of hydrogen-bond acceptors (Lipinski definition) is 3. The van der Waals surface area contributed by atoms with Crippen molar-refractivity contribution >= 4 is 33.9 Å². The number of nitrogens with two attached hydrogens (primary N) is 1. The molecule has 2 aromatic rings. The normalized spacial score (nSPS) is 10.3. The number of nitrogen functional groups attached to an aromatic ring is 1. The lowest BCUT2D eigenvalue weighted by molar-refractivity contribution is 0.0699. The molecule has 5 heteroatoms. The molecule has 3 nitrogen and oxygen atoms in total. The zero-order valence-corrected chi connectivity index (χ0v) is 9.68. The smallest absolute Gasteiger partial charge is 0.339 e. The number of thiophene rings is 1. The average Bonchev–Trinajstić information content (AvgIpc) is 2.61. The van der Waals surface area contributed by atoms with Crippen LogP contribution in [0.2, 0.25) is 5.02 Å². The summed E-state index contributed by atoms with van der Waals surface area (Å²) in [5, 5.41) is 11.7. The fraction of sp³-hybridized carbons (Fsp3) is 0. The Hall–Kier alpha value is -1.52. The van der Waals surface area contributed by atoms with Gasteiger partial charge in [0.15, 0.2) is 0 Å². The van der Waals surface area contributed by atoms with Crippen molar-refractivity contribution in [1.82, 2.24) is 0 Å². The van der Waals surface area contributed by atoms with E-state index in [0.29, 0.717) is 15.6 Å².